The molecule has 20 heavy (non-hydrogen) atoms. The van der Waals surface area contributed by atoms with Crippen molar-refractivity contribution in [3.05, 3.63) is 64.5 Å². The molecule has 0 unspecified atom stereocenters. The molecule has 0 saturated carbocycles. The Labute approximate surface area is 121 Å². The summed E-state index contributed by atoms with van der Waals surface area (Å²) in [5.74, 6) is 0.532. The van der Waals surface area contributed by atoms with Gasteiger partial charge in [-0.25, -0.2) is 4.98 Å². The Morgan fingerprint density at radius 3 is 2.65 bits per heavy atom. The van der Waals surface area contributed by atoms with Gasteiger partial charge in [-0.2, -0.15) is 0 Å². The second-order valence-corrected chi connectivity index (χ2v) is 4.83. The molecule has 0 aliphatic rings. The average Bonchev–Trinajstić information content (AvgIpc) is 2.88. The maximum absolute atomic E-state index is 9.10. The Balaban J connectivity index is 1.88. The van der Waals surface area contributed by atoms with Crippen LogP contribution in [0.15, 0.2) is 46.9 Å². The molecule has 0 aliphatic carbocycles. The van der Waals surface area contributed by atoms with Gasteiger partial charge in [-0.1, -0.05) is 29.8 Å². The van der Waals surface area contributed by atoms with Crippen LogP contribution in [0, 0.1) is 0 Å². The first-order valence-electron chi connectivity index (χ1n) is 6.18. The van der Waals surface area contributed by atoms with E-state index in [-0.39, 0.29) is 6.61 Å². The lowest BCUT2D eigenvalue weighted by Gasteiger charge is -1.92. The van der Waals surface area contributed by atoms with Crippen LogP contribution in [0.5, 0.6) is 0 Å². The summed E-state index contributed by atoms with van der Waals surface area (Å²) in [5, 5.41) is 9.80. The number of aliphatic hydroxyl groups excluding tert-OH is 1. The predicted molar refractivity (Wildman–Crippen MR) is 80.3 cm³/mol. The summed E-state index contributed by atoms with van der Waals surface area (Å²) >= 11 is 5.84. The smallest absolute Gasteiger partial charge is 0.220 e. The van der Waals surface area contributed by atoms with Crippen molar-refractivity contribution in [3.63, 3.8) is 0 Å². The van der Waals surface area contributed by atoms with E-state index in [0.717, 1.165) is 16.6 Å². The quantitative estimate of drug-likeness (QED) is 0.786. The molecule has 4 heteroatoms. The summed E-state index contributed by atoms with van der Waals surface area (Å²) in [5.41, 5.74) is 3.29. The van der Waals surface area contributed by atoms with Crippen LogP contribution in [0.3, 0.4) is 0 Å². The third-order valence-electron chi connectivity index (χ3n) is 2.94. The van der Waals surface area contributed by atoms with E-state index in [4.69, 9.17) is 21.1 Å². The average molecular weight is 286 g/mol. The topological polar surface area (TPSA) is 46.3 Å². The van der Waals surface area contributed by atoms with Crippen LogP contribution in [0.4, 0.5) is 0 Å². The van der Waals surface area contributed by atoms with Gasteiger partial charge in [-0.15, -0.1) is 0 Å². The van der Waals surface area contributed by atoms with Gasteiger partial charge in [-0.3, -0.25) is 0 Å². The zero-order chi connectivity index (χ0) is 13.9. The van der Waals surface area contributed by atoms with Gasteiger partial charge in [0, 0.05) is 11.1 Å². The number of fused-ring (bicyclic) bond motifs is 1. The fourth-order valence-electron chi connectivity index (χ4n) is 1.90. The zero-order valence-corrected chi connectivity index (χ0v) is 11.3. The van der Waals surface area contributed by atoms with Gasteiger partial charge in [0.25, 0.3) is 0 Å². The SMILES string of the molecule is OCc1ccc2oc(/C=C/c3ccc(Cl)cc3)nc2c1. The van der Waals surface area contributed by atoms with Crippen molar-refractivity contribution in [1.29, 1.82) is 0 Å². The van der Waals surface area contributed by atoms with E-state index in [1.54, 1.807) is 0 Å². The lowest BCUT2D eigenvalue weighted by Crippen LogP contribution is -1.81. The van der Waals surface area contributed by atoms with Crippen LogP contribution < -0.4 is 0 Å². The molecule has 0 saturated heterocycles. The molecule has 0 fully saturated rings. The third-order valence-corrected chi connectivity index (χ3v) is 3.19. The summed E-state index contributed by atoms with van der Waals surface area (Å²) in [6.45, 7) is -0.00124. The number of oxazole rings is 1. The molecule has 1 heterocycles. The summed E-state index contributed by atoms with van der Waals surface area (Å²) < 4.78 is 5.61. The fraction of sp³-hybridized carbons (Fsp3) is 0.0625. The molecule has 0 spiro atoms. The lowest BCUT2D eigenvalue weighted by molar-refractivity contribution is 0.282. The first-order chi connectivity index (χ1) is 9.74. The highest BCUT2D eigenvalue weighted by molar-refractivity contribution is 6.30. The molecule has 0 amide bonds. The van der Waals surface area contributed by atoms with Crippen molar-refractivity contribution in [2.75, 3.05) is 0 Å². The third kappa shape index (κ3) is 2.74. The molecule has 0 bridgehead atoms. The Bertz CT molecular complexity index is 760. The number of rotatable bonds is 3. The molecular weight excluding hydrogens is 274 g/mol. The standard InChI is InChI=1S/C16H12ClNO2/c17-13-5-1-11(2-6-13)4-8-16-18-14-9-12(10-19)3-7-15(14)20-16/h1-9,19H,10H2/b8-4+. The summed E-state index contributed by atoms with van der Waals surface area (Å²) in [6.07, 6.45) is 3.72. The Hall–Kier alpha value is -2.10. The van der Waals surface area contributed by atoms with Crippen LogP contribution in [0.1, 0.15) is 17.0 Å². The summed E-state index contributed by atoms with van der Waals surface area (Å²) in [7, 11) is 0. The van der Waals surface area contributed by atoms with Crippen LogP contribution in [0.25, 0.3) is 23.3 Å². The molecule has 100 valence electrons. The van der Waals surface area contributed by atoms with Crippen LogP contribution in [0.2, 0.25) is 5.02 Å². The molecular formula is C16H12ClNO2. The molecule has 0 atom stereocenters. The first kappa shape index (κ1) is 12.9. The number of hydrogen-bond donors (Lipinski definition) is 1. The minimum absolute atomic E-state index is 0.00124. The largest absolute Gasteiger partial charge is 0.437 e. The fourth-order valence-corrected chi connectivity index (χ4v) is 2.03. The molecule has 0 aliphatic heterocycles. The highest BCUT2D eigenvalue weighted by Gasteiger charge is 2.03. The second-order valence-electron chi connectivity index (χ2n) is 4.40. The van der Waals surface area contributed by atoms with Crippen LogP contribution in [-0.4, -0.2) is 10.1 Å². The Morgan fingerprint density at radius 1 is 1.10 bits per heavy atom. The van der Waals surface area contributed by atoms with Crippen molar-refractivity contribution < 1.29 is 9.52 Å². The Kier molecular flexibility index (Phi) is 3.54. The molecule has 3 nitrogen and oxygen atoms in total. The predicted octanol–water partition coefficient (Wildman–Crippen LogP) is 4.14. The number of aromatic nitrogens is 1. The van der Waals surface area contributed by atoms with E-state index >= 15 is 0 Å². The monoisotopic (exact) mass is 285 g/mol. The minimum atomic E-state index is -0.00124. The van der Waals surface area contributed by atoms with Gasteiger partial charge in [0.15, 0.2) is 5.58 Å². The van der Waals surface area contributed by atoms with Gasteiger partial charge < -0.3 is 9.52 Å². The van der Waals surface area contributed by atoms with Crippen molar-refractivity contribution >= 4 is 34.9 Å². The molecule has 3 rings (SSSR count). The molecule has 3 aromatic rings. The maximum atomic E-state index is 9.10. The van der Waals surface area contributed by atoms with E-state index in [1.807, 2.05) is 54.6 Å². The van der Waals surface area contributed by atoms with Gasteiger partial charge in [0.1, 0.15) is 5.52 Å². The van der Waals surface area contributed by atoms with E-state index in [2.05, 4.69) is 4.98 Å². The zero-order valence-electron chi connectivity index (χ0n) is 10.6. The summed E-state index contributed by atoms with van der Waals surface area (Å²) in [6, 6.07) is 13.0. The van der Waals surface area contributed by atoms with Crippen molar-refractivity contribution in [2.45, 2.75) is 6.61 Å². The highest BCUT2D eigenvalue weighted by Crippen LogP contribution is 2.19. The maximum Gasteiger partial charge on any atom is 0.220 e. The number of nitrogens with zero attached hydrogens (tertiary/aromatic N) is 1. The van der Waals surface area contributed by atoms with Gasteiger partial charge in [0.2, 0.25) is 5.89 Å². The van der Waals surface area contributed by atoms with Crippen LogP contribution in [-0.2, 0) is 6.61 Å². The number of halogens is 1. The lowest BCUT2D eigenvalue weighted by atomic mass is 10.2. The van der Waals surface area contributed by atoms with Gasteiger partial charge >= 0.3 is 0 Å². The van der Waals surface area contributed by atoms with E-state index in [1.165, 1.54) is 0 Å². The van der Waals surface area contributed by atoms with Crippen molar-refractivity contribution in [1.82, 2.24) is 4.98 Å². The van der Waals surface area contributed by atoms with Gasteiger partial charge in [0.05, 0.1) is 6.61 Å². The number of hydrogen-bond acceptors (Lipinski definition) is 3. The van der Waals surface area contributed by atoms with Crippen molar-refractivity contribution in [3.8, 4) is 0 Å². The second kappa shape index (κ2) is 5.49. The molecule has 2 aromatic carbocycles. The number of aliphatic hydroxyl groups is 1. The molecule has 1 N–H and O–H groups in total. The molecule has 0 radical (unpaired) electrons. The van der Waals surface area contributed by atoms with Gasteiger partial charge in [-0.05, 0) is 41.5 Å². The van der Waals surface area contributed by atoms with E-state index < -0.39 is 0 Å². The normalized spacial score (nSPS) is 11.5. The number of benzene rings is 2. The highest BCUT2D eigenvalue weighted by atomic mass is 35.5. The van der Waals surface area contributed by atoms with E-state index in [0.29, 0.717) is 16.5 Å². The molecule has 1 aromatic heterocycles. The van der Waals surface area contributed by atoms with E-state index in [9.17, 15) is 0 Å². The Morgan fingerprint density at radius 2 is 1.90 bits per heavy atom. The first-order valence-corrected chi connectivity index (χ1v) is 6.56. The van der Waals surface area contributed by atoms with Crippen LogP contribution >= 0.6 is 11.6 Å². The summed E-state index contributed by atoms with van der Waals surface area (Å²) in [4.78, 5) is 4.36. The van der Waals surface area contributed by atoms with Crippen molar-refractivity contribution in [2.24, 2.45) is 0 Å². The minimum Gasteiger partial charge on any atom is -0.437 e.